The molecule has 0 fully saturated rings. The summed E-state index contributed by atoms with van der Waals surface area (Å²) >= 11 is 0. The number of hydrogen-bond donors (Lipinski definition) is 4. The highest BCUT2D eigenvalue weighted by molar-refractivity contribution is 5.91. The fourth-order valence-electron chi connectivity index (χ4n) is 8.49. The average Bonchev–Trinajstić information content (AvgIpc) is 3.19. The Hall–Kier alpha value is -4.66. The molecule has 8 heteroatoms. The standard InChI is InChI=1S/C46H58N4O4/c1-5-9-27-49-35-25-26-36(50-28-10-6-2)40-39(35)41-37-31(33(47)17-7-3)23-24-32(34(48)18-8-4)38(37)42(40)44(54-46(52)30-21-15-12-16-22-30)43(41)53-45(51)29-19-13-11-14-20-29/h11-16,19-26,33-34,41-44,49-50H,5-10,17-18,27-28,47-48H2,1-4H3. The van der Waals surface area contributed by atoms with Gasteiger partial charge in [0.2, 0.25) is 0 Å². The highest BCUT2D eigenvalue weighted by atomic mass is 16.6. The average molecular weight is 731 g/mol. The molecule has 3 aliphatic rings. The molecule has 4 aromatic rings. The molecule has 6 unspecified atom stereocenters. The van der Waals surface area contributed by atoms with E-state index >= 15 is 0 Å². The molecule has 0 saturated heterocycles. The van der Waals surface area contributed by atoms with Crippen LogP contribution in [0.5, 0.6) is 0 Å². The number of unbranched alkanes of at least 4 members (excludes halogenated alkanes) is 2. The molecule has 0 aromatic heterocycles. The predicted molar refractivity (Wildman–Crippen MR) is 218 cm³/mol. The van der Waals surface area contributed by atoms with Crippen LogP contribution in [0.1, 0.15) is 157 Å². The van der Waals surface area contributed by atoms with Crippen molar-refractivity contribution in [2.75, 3.05) is 23.7 Å². The molecule has 0 amide bonds. The number of anilines is 2. The molecule has 4 aromatic carbocycles. The fraction of sp³-hybridized carbons (Fsp3) is 0.435. The Balaban J connectivity index is 1.67. The minimum absolute atomic E-state index is 0.249. The molecule has 0 saturated carbocycles. The highest BCUT2D eigenvalue weighted by Gasteiger charge is 2.57. The number of fused-ring (bicyclic) bond motifs is 1. The van der Waals surface area contributed by atoms with Crippen LogP contribution in [0.3, 0.4) is 0 Å². The van der Waals surface area contributed by atoms with Crippen molar-refractivity contribution in [3.63, 3.8) is 0 Å². The van der Waals surface area contributed by atoms with Gasteiger partial charge in [0.1, 0.15) is 0 Å². The summed E-state index contributed by atoms with van der Waals surface area (Å²) < 4.78 is 13.4. The maximum atomic E-state index is 14.2. The smallest absolute Gasteiger partial charge is 0.338 e. The van der Waals surface area contributed by atoms with Crippen LogP contribution in [-0.4, -0.2) is 37.2 Å². The quantitative estimate of drug-likeness (QED) is 0.0589. The molecule has 6 N–H and O–H groups in total. The van der Waals surface area contributed by atoms with Crippen LogP contribution in [-0.2, 0) is 9.47 Å². The Morgan fingerprint density at radius 1 is 0.556 bits per heavy atom. The molecule has 54 heavy (non-hydrogen) atoms. The van der Waals surface area contributed by atoms with Crippen molar-refractivity contribution in [2.24, 2.45) is 11.5 Å². The molecular formula is C46H58N4O4. The topological polar surface area (TPSA) is 129 Å². The van der Waals surface area contributed by atoms with Crippen LogP contribution in [0.25, 0.3) is 0 Å². The van der Waals surface area contributed by atoms with Crippen LogP contribution in [0.4, 0.5) is 11.4 Å². The summed E-state index contributed by atoms with van der Waals surface area (Å²) in [7, 11) is 0. The maximum Gasteiger partial charge on any atom is 0.338 e. The second-order valence-electron chi connectivity index (χ2n) is 14.8. The number of ether oxygens (including phenoxy) is 2. The van der Waals surface area contributed by atoms with Crippen LogP contribution in [0, 0.1) is 0 Å². The van der Waals surface area contributed by atoms with Gasteiger partial charge in [-0.3, -0.25) is 0 Å². The minimum atomic E-state index is -0.849. The lowest BCUT2D eigenvalue weighted by molar-refractivity contribution is -0.0558. The van der Waals surface area contributed by atoms with E-state index in [0.29, 0.717) is 11.1 Å². The third kappa shape index (κ3) is 7.91. The van der Waals surface area contributed by atoms with Gasteiger partial charge >= 0.3 is 11.9 Å². The largest absolute Gasteiger partial charge is 0.454 e. The molecule has 3 aliphatic carbocycles. The summed E-state index contributed by atoms with van der Waals surface area (Å²) in [5, 5.41) is 7.54. The van der Waals surface area contributed by atoms with Crippen molar-refractivity contribution < 1.29 is 19.1 Å². The van der Waals surface area contributed by atoms with Crippen LogP contribution in [0.2, 0.25) is 0 Å². The van der Waals surface area contributed by atoms with E-state index in [1.165, 1.54) is 0 Å². The first kappa shape index (κ1) is 39.0. The fourth-order valence-corrected chi connectivity index (χ4v) is 8.49. The van der Waals surface area contributed by atoms with Crippen molar-refractivity contribution in [3.05, 3.63) is 129 Å². The first-order valence-electron chi connectivity index (χ1n) is 20.2. The van der Waals surface area contributed by atoms with E-state index in [9.17, 15) is 9.59 Å². The number of benzene rings is 4. The Morgan fingerprint density at radius 2 is 0.944 bits per heavy atom. The van der Waals surface area contributed by atoms with Gasteiger partial charge in [-0.2, -0.15) is 0 Å². The Morgan fingerprint density at radius 3 is 1.30 bits per heavy atom. The van der Waals surface area contributed by atoms with Gasteiger partial charge < -0.3 is 31.6 Å². The van der Waals surface area contributed by atoms with Gasteiger partial charge in [-0.25, -0.2) is 9.59 Å². The molecule has 8 nitrogen and oxygen atoms in total. The Kier molecular flexibility index (Phi) is 13.1. The lowest BCUT2D eigenvalue weighted by atomic mass is 9.57. The van der Waals surface area contributed by atoms with Crippen LogP contribution >= 0.6 is 0 Å². The van der Waals surface area contributed by atoms with E-state index in [4.69, 9.17) is 20.9 Å². The minimum Gasteiger partial charge on any atom is -0.454 e. The van der Waals surface area contributed by atoms with Crippen molar-refractivity contribution in [1.82, 2.24) is 0 Å². The number of carbonyl (C=O) groups excluding carboxylic acids is 2. The van der Waals surface area contributed by atoms with Gasteiger partial charge in [-0.05, 0) is 95.5 Å². The van der Waals surface area contributed by atoms with Gasteiger partial charge in [0, 0.05) is 36.5 Å². The summed E-state index contributed by atoms with van der Waals surface area (Å²) in [6.45, 7) is 10.2. The maximum absolute atomic E-state index is 14.2. The van der Waals surface area contributed by atoms with Crippen molar-refractivity contribution >= 4 is 23.3 Å². The molecule has 7 rings (SSSR count). The Bertz CT molecular complexity index is 1750. The number of nitrogens with two attached hydrogens (primary N) is 2. The SMILES string of the molecule is CCCCNc1ccc(NCCCC)c2c1C1c3c(C(N)CCC)ccc(C(N)CCC)c3C2C(OC(=O)c2ccccc2)C1OC(=O)c1ccccc1. The van der Waals surface area contributed by atoms with Gasteiger partial charge in [-0.1, -0.05) is 102 Å². The third-order valence-electron chi connectivity index (χ3n) is 11.1. The second kappa shape index (κ2) is 18.1. The third-order valence-corrected chi connectivity index (χ3v) is 11.1. The van der Waals surface area contributed by atoms with Gasteiger partial charge in [0.15, 0.2) is 12.2 Å². The summed E-state index contributed by atoms with van der Waals surface area (Å²) in [5.41, 5.74) is 23.3. The van der Waals surface area contributed by atoms with Crippen LogP contribution in [0.15, 0.2) is 84.9 Å². The van der Waals surface area contributed by atoms with E-state index in [2.05, 4.69) is 62.6 Å². The van der Waals surface area contributed by atoms with Gasteiger partial charge in [0.05, 0.1) is 23.0 Å². The first-order valence-corrected chi connectivity index (χ1v) is 20.2. The van der Waals surface area contributed by atoms with Gasteiger partial charge in [0.25, 0.3) is 0 Å². The predicted octanol–water partition coefficient (Wildman–Crippen LogP) is 9.75. The van der Waals surface area contributed by atoms with Crippen LogP contribution < -0.4 is 22.1 Å². The van der Waals surface area contributed by atoms with E-state index in [0.717, 1.165) is 109 Å². The van der Waals surface area contributed by atoms with Gasteiger partial charge in [-0.15, -0.1) is 0 Å². The molecule has 0 aliphatic heterocycles. The molecule has 2 bridgehead atoms. The summed E-state index contributed by atoms with van der Waals surface area (Å²) in [6.07, 6.45) is 5.81. The van der Waals surface area contributed by atoms with E-state index in [1.807, 2.05) is 36.4 Å². The van der Waals surface area contributed by atoms with Crippen molar-refractivity contribution in [1.29, 1.82) is 0 Å². The Labute approximate surface area is 321 Å². The van der Waals surface area contributed by atoms with E-state index in [1.54, 1.807) is 24.3 Å². The molecule has 0 radical (unpaired) electrons. The number of nitrogens with one attached hydrogen (secondary N) is 2. The number of hydrogen-bond acceptors (Lipinski definition) is 8. The first-order chi connectivity index (χ1) is 26.3. The second-order valence-corrected chi connectivity index (χ2v) is 14.8. The molecular weight excluding hydrogens is 673 g/mol. The molecule has 286 valence electrons. The number of esters is 2. The zero-order valence-electron chi connectivity index (χ0n) is 32.4. The summed E-state index contributed by atoms with van der Waals surface area (Å²) in [5.74, 6) is -1.92. The normalized spacial score (nSPS) is 19.3. The molecule has 0 spiro atoms. The van der Waals surface area contributed by atoms with E-state index < -0.39 is 36.0 Å². The zero-order valence-corrected chi connectivity index (χ0v) is 32.4. The lowest BCUT2D eigenvalue weighted by Gasteiger charge is -2.52. The summed E-state index contributed by atoms with van der Waals surface area (Å²) in [4.78, 5) is 28.4. The van der Waals surface area contributed by atoms with E-state index in [-0.39, 0.29) is 12.1 Å². The van der Waals surface area contributed by atoms with Crippen molar-refractivity contribution in [2.45, 2.75) is 115 Å². The summed E-state index contributed by atoms with van der Waals surface area (Å²) in [6, 6.07) is 26.2. The molecule has 6 atom stereocenters. The lowest BCUT2D eigenvalue weighted by Crippen LogP contribution is -2.53. The number of carbonyl (C=O) groups is 2. The zero-order chi connectivity index (χ0) is 38.2. The molecule has 0 heterocycles. The van der Waals surface area contributed by atoms with Crippen molar-refractivity contribution in [3.8, 4) is 0 Å². The monoisotopic (exact) mass is 730 g/mol. The number of rotatable bonds is 18. The highest BCUT2D eigenvalue weighted by Crippen LogP contribution is 2.61.